The number of benzene rings is 1. The van der Waals surface area contributed by atoms with Gasteiger partial charge in [0, 0.05) is 12.1 Å². The number of hydrogen-bond donors (Lipinski definition) is 1. The largest absolute Gasteiger partial charge is 0.496 e. The van der Waals surface area contributed by atoms with Crippen molar-refractivity contribution in [3.63, 3.8) is 0 Å². The van der Waals surface area contributed by atoms with Crippen LogP contribution in [0.1, 0.15) is 11.1 Å². The summed E-state index contributed by atoms with van der Waals surface area (Å²) < 4.78 is 29.6. The van der Waals surface area contributed by atoms with Crippen molar-refractivity contribution in [2.75, 3.05) is 20.7 Å². The number of aliphatic hydroxyl groups excluding tert-OH is 1. The molecule has 5 heteroatoms. The predicted molar refractivity (Wildman–Crippen MR) is 61.3 cm³/mol. The van der Waals surface area contributed by atoms with Crippen LogP contribution in [-0.4, -0.2) is 37.1 Å². The Bertz CT molecular complexity index is 358. The van der Waals surface area contributed by atoms with E-state index in [2.05, 4.69) is 0 Å². The highest BCUT2D eigenvalue weighted by Gasteiger charge is 2.11. The summed E-state index contributed by atoms with van der Waals surface area (Å²) in [6.45, 7) is 0.00339. The summed E-state index contributed by atoms with van der Waals surface area (Å²) >= 11 is 0. The molecule has 0 fully saturated rings. The van der Waals surface area contributed by atoms with E-state index in [0.717, 1.165) is 11.1 Å². The van der Waals surface area contributed by atoms with Gasteiger partial charge >= 0.3 is 0 Å². The lowest BCUT2D eigenvalue weighted by atomic mass is 10.1. The smallest absolute Gasteiger partial charge is 0.251 e. The van der Waals surface area contributed by atoms with E-state index in [4.69, 9.17) is 9.84 Å². The van der Waals surface area contributed by atoms with E-state index in [0.29, 0.717) is 12.3 Å². The highest BCUT2D eigenvalue weighted by Crippen LogP contribution is 2.21. The molecule has 1 aromatic rings. The summed E-state index contributed by atoms with van der Waals surface area (Å²) in [5.74, 6) is 0.642. The van der Waals surface area contributed by atoms with E-state index in [1.54, 1.807) is 25.2 Å². The Hall–Kier alpha value is -1.20. The topological polar surface area (TPSA) is 32.7 Å². The molecule has 0 atom stereocenters. The molecule has 0 saturated heterocycles. The fourth-order valence-electron chi connectivity index (χ4n) is 1.64. The standard InChI is InChI=1S/C12H17F2NO2/c1-15(7-12(13)14)6-10-5-9(8-16)3-4-11(10)17-2/h3-5,12,16H,6-8H2,1-2H3. The molecule has 0 spiro atoms. The Morgan fingerprint density at radius 2 is 2.12 bits per heavy atom. The number of nitrogens with zero attached hydrogens (tertiary/aromatic N) is 1. The fourth-order valence-corrected chi connectivity index (χ4v) is 1.64. The molecule has 0 aromatic heterocycles. The molecule has 0 saturated carbocycles. The number of alkyl halides is 2. The van der Waals surface area contributed by atoms with Crippen molar-refractivity contribution in [2.24, 2.45) is 0 Å². The third-order valence-corrected chi connectivity index (χ3v) is 2.42. The van der Waals surface area contributed by atoms with E-state index in [-0.39, 0.29) is 13.2 Å². The average molecular weight is 245 g/mol. The third kappa shape index (κ3) is 4.28. The first-order chi connectivity index (χ1) is 8.06. The number of hydrogen-bond acceptors (Lipinski definition) is 3. The van der Waals surface area contributed by atoms with Gasteiger partial charge in [0.15, 0.2) is 0 Å². The highest BCUT2D eigenvalue weighted by atomic mass is 19.3. The molecule has 0 bridgehead atoms. The van der Waals surface area contributed by atoms with Gasteiger partial charge in [-0.15, -0.1) is 0 Å². The van der Waals surface area contributed by atoms with Gasteiger partial charge in [0.25, 0.3) is 6.43 Å². The van der Waals surface area contributed by atoms with Gasteiger partial charge in [-0.3, -0.25) is 4.90 Å². The minimum atomic E-state index is -2.35. The van der Waals surface area contributed by atoms with Crippen molar-refractivity contribution in [3.8, 4) is 5.75 Å². The Labute approximate surface area is 99.6 Å². The van der Waals surface area contributed by atoms with Crippen LogP contribution in [0, 0.1) is 0 Å². The summed E-state index contributed by atoms with van der Waals surface area (Å²) in [6.07, 6.45) is -2.35. The van der Waals surface area contributed by atoms with Gasteiger partial charge in [0.05, 0.1) is 20.3 Å². The van der Waals surface area contributed by atoms with Gasteiger partial charge in [0.1, 0.15) is 5.75 Å². The zero-order valence-corrected chi connectivity index (χ0v) is 9.99. The normalized spacial score (nSPS) is 11.2. The summed E-state index contributed by atoms with van der Waals surface area (Å²) in [7, 11) is 3.15. The molecule has 0 aliphatic heterocycles. The number of methoxy groups -OCH3 is 1. The summed E-state index contributed by atoms with van der Waals surface area (Å²) in [5.41, 5.74) is 1.54. The maximum Gasteiger partial charge on any atom is 0.251 e. The molecule has 1 rings (SSSR count). The molecule has 96 valence electrons. The van der Waals surface area contributed by atoms with Gasteiger partial charge in [0.2, 0.25) is 0 Å². The van der Waals surface area contributed by atoms with Crippen LogP contribution < -0.4 is 4.74 Å². The van der Waals surface area contributed by atoms with Crippen LogP contribution in [0.25, 0.3) is 0 Å². The quantitative estimate of drug-likeness (QED) is 0.830. The Morgan fingerprint density at radius 3 is 2.65 bits per heavy atom. The summed E-state index contributed by atoms with van der Waals surface area (Å²) in [4.78, 5) is 1.52. The van der Waals surface area contributed by atoms with E-state index < -0.39 is 6.43 Å². The Morgan fingerprint density at radius 1 is 1.41 bits per heavy atom. The maximum atomic E-state index is 12.2. The van der Waals surface area contributed by atoms with Gasteiger partial charge in [-0.2, -0.15) is 0 Å². The van der Waals surface area contributed by atoms with E-state index in [1.165, 1.54) is 12.0 Å². The van der Waals surface area contributed by atoms with Crippen LogP contribution in [0.15, 0.2) is 18.2 Å². The van der Waals surface area contributed by atoms with Crippen LogP contribution in [0.4, 0.5) is 8.78 Å². The lowest BCUT2D eigenvalue weighted by Crippen LogP contribution is -2.24. The SMILES string of the molecule is COc1ccc(CO)cc1CN(C)CC(F)F. The molecule has 0 radical (unpaired) electrons. The Balaban J connectivity index is 2.80. The summed E-state index contributed by atoms with van der Waals surface area (Å²) in [5, 5.41) is 9.03. The molecule has 1 N–H and O–H groups in total. The molecule has 0 aliphatic rings. The first kappa shape index (κ1) is 13.9. The fraction of sp³-hybridized carbons (Fsp3) is 0.500. The van der Waals surface area contributed by atoms with Gasteiger partial charge in [-0.05, 0) is 24.7 Å². The van der Waals surface area contributed by atoms with Crippen molar-refractivity contribution in [2.45, 2.75) is 19.6 Å². The van der Waals surface area contributed by atoms with Crippen molar-refractivity contribution in [1.29, 1.82) is 0 Å². The van der Waals surface area contributed by atoms with Gasteiger partial charge in [-0.1, -0.05) is 6.07 Å². The molecular formula is C12H17F2NO2. The highest BCUT2D eigenvalue weighted by molar-refractivity contribution is 5.37. The van der Waals surface area contributed by atoms with Crippen molar-refractivity contribution in [3.05, 3.63) is 29.3 Å². The van der Waals surface area contributed by atoms with Gasteiger partial charge < -0.3 is 9.84 Å². The van der Waals surface area contributed by atoms with Crippen LogP contribution in [0.3, 0.4) is 0 Å². The second kappa shape index (κ2) is 6.51. The predicted octanol–water partition coefficient (Wildman–Crippen LogP) is 1.88. The molecule has 0 heterocycles. The molecular weight excluding hydrogens is 228 g/mol. The zero-order valence-electron chi connectivity index (χ0n) is 9.99. The first-order valence-electron chi connectivity index (χ1n) is 5.30. The Kier molecular flexibility index (Phi) is 5.31. The molecule has 17 heavy (non-hydrogen) atoms. The molecule has 0 aliphatic carbocycles. The molecule has 0 amide bonds. The lowest BCUT2D eigenvalue weighted by Gasteiger charge is -2.18. The molecule has 1 aromatic carbocycles. The third-order valence-electron chi connectivity index (χ3n) is 2.42. The first-order valence-corrected chi connectivity index (χ1v) is 5.30. The van der Waals surface area contributed by atoms with E-state index in [9.17, 15) is 8.78 Å². The lowest BCUT2D eigenvalue weighted by molar-refractivity contribution is 0.0971. The van der Waals surface area contributed by atoms with Crippen LogP contribution in [-0.2, 0) is 13.2 Å². The van der Waals surface area contributed by atoms with E-state index in [1.807, 2.05) is 0 Å². The minimum Gasteiger partial charge on any atom is -0.496 e. The number of aliphatic hydroxyl groups is 1. The molecule has 0 unspecified atom stereocenters. The van der Waals surface area contributed by atoms with Crippen molar-refractivity contribution >= 4 is 0 Å². The minimum absolute atomic E-state index is 0.0739. The van der Waals surface area contributed by atoms with Crippen LogP contribution in [0.5, 0.6) is 5.75 Å². The van der Waals surface area contributed by atoms with Gasteiger partial charge in [-0.25, -0.2) is 8.78 Å². The van der Waals surface area contributed by atoms with Crippen molar-refractivity contribution in [1.82, 2.24) is 4.90 Å². The summed E-state index contributed by atoms with van der Waals surface area (Å²) in [6, 6.07) is 5.24. The van der Waals surface area contributed by atoms with Crippen LogP contribution in [0.2, 0.25) is 0 Å². The monoisotopic (exact) mass is 245 g/mol. The number of halogens is 2. The second-order valence-electron chi connectivity index (χ2n) is 3.89. The number of rotatable bonds is 6. The maximum absolute atomic E-state index is 12.2. The van der Waals surface area contributed by atoms with Crippen molar-refractivity contribution < 1.29 is 18.6 Å². The second-order valence-corrected chi connectivity index (χ2v) is 3.89. The van der Waals surface area contributed by atoms with E-state index >= 15 is 0 Å². The molecule has 3 nitrogen and oxygen atoms in total. The number of ether oxygens (including phenoxy) is 1. The van der Waals surface area contributed by atoms with Crippen LogP contribution >= 0.6 is 0 Å². The average Bonchev–Trinajstić information content (AvgIpc) is 2.27. The zero-order chi connectivity index (χ0) is 12.8.